The average Bonchev–Trinajstić information content (AvgIpc) is 2.56. The minimum atomic E-state index is 0.801. The van der Waals surface area contributed by atoms with Gasteiger partial charge in [0, 0.05) is 22.0 Å². The first kappa shape index (κ1) is 8.25. The molecule has 3 rings (SSSR count). The lowest BCUT2D eigenvalue weighted by molar-refractivity contribution is 0.906. The summed E-state index contributed by atoms with van der Waals surface area (Å²) in [5.74, 6) is 2.68. The maximum absolute atomic E-state index is 2.32. The molecule has 2 atom stereocenters. The van der Waals surface area contributed by atoms with Crippen molar-refractivity contribution in [1.29, 1.82) is 0 Å². The fourth-order valence-electron chi connectivity index (χ4n) is 2.24. The van der Waals surface area contributed by atoms with Crippen molar-refractivity contribution in [1.82, 2.24) is 0 Å². The summed E-state index contributed by atoms with van der Waals surface area (Å²) in [6.45, 7) is 0. The fourth-order valence-corrected chi connectivity index (χ4v) is 5.38. The van der Waals surface area contributed by atoms with Crippen LogP contribution in [0.4, 0.5) is 0 Å². The van der Waals surface area contributed by atoms with Gasteiger partial charge in [-0.2, -0.15) is 23.5 Å². The van der Waals surface area contributed by atoms with E-state index in [4.69, 9.17) is 0 Å². The van der Waals surface area contributed by atoms with Crippen LogP contribution in [0.25, 0.3) is 0 Å². The van der Waals surface area contributed by atoms with Crippen LogP contribution in [0.1, 0.15) is 16.4 Å². The van der Waals surface area contributed by atoms with Gasteiger partial charge in [0.2, 0.25) is 0 Å². The van der Waals surface area contributed by atoms with Crippen LogP contribution in [-0.2, 0) is 6.42 Å². The monoisotopic (exact) mass is 208 g/mol. The molecule has 1 aromatic rings. The van der Waals surface area contributed by atoms with Gasteiger partial charge in [0.25, 0.3) is 0 Å². The molecule has 1 fully saturated rings. The third kappa shape index (κ3) is 1.31. The largest absolute Gasteiger partial charge is 0.156 e. The van der Waals surface area contributed by atoms with Crippen molar-refractivity contribution in [2.75, 3.05) is 11.5 Å². The third-order valence-electron chi connectivity index (χ3n) is 2.83. The molecule has 0 unspecified atom stereocenters. The van der Waals surface area contributed by atoms with Crippen molar-refractivity contribution in [3.05, 3.63) is 35.4 Å². The molecule has 1 aliphatic heterocycles. The van der Waals surface area contributed by atoms with E-state index in [0.29, 0.717) is 0 Å². The predicted octanol–water partition coefficient (Wildman–Crippen LogP) is 3.13. The van der Waals surface area contributed by atoms with Crippen molar-refractivity contribution >= 4 is 23.5 Å². The van der Waals surface area contributed by atoms with Gasteiger partial charge < -0.3 is 0 Å². The number of thioether (sulfide) groups is 2. The zero-order valence-corrected chi connectivity index (χ0v) is 9.03. The van der Waals surface area contributed by atoms with E-state index in [1.54, 1.807) is 11.1 Å². The van der Waals surface area contributed by atoms with E-state index in [2.05, 4.69) is 47.8 Å². The van der Waals surface area contributed by atoms with Gasteiger partial charge in [-0.05, 0) is 17.5 Å². The standard InChI is InChI=1S/C11H12S2/c1-2-4-9-8(3-1)7-10-11(9)13-6-5-12-10/h1-4,10-11H,5-7H2/t10-,11+/m0/s1. The zero-order chi connectivity index (χ0) is 8.67. The lowest BCUT2D eigenvalue weighted by atomic mass is 10.1. The molecule has 2 aliphatic rings. The highest BCUT2D eigenvalue weighted by Gasteiger charge is 2.34. The molecular formula is C11H12S2. The molecule has 0 aromatic heterocycles. The van der Waals surface area contributed by atoms with Gasteiger partial charge in [0.15, 0.2) is 0 Å². The second-order valence-electron chi connectivity index (χ2n) is 3.60. The van der Waals surface area contributed by atoms with E-state index in [-0.39, 0.29) is 0 Å². The molecule has 68 valence electrons. The van der Waals surface area contributed by atoms with Crippen LogP contribution >= 0.6 is 23.5 Å². The highest BCUT2D eigenvalue weighted by molar-refractivity contribution is 8.06. The normalized spacial score (nSPS) is 31.1. The van der Waals surface area contributed by atoms with Gasteiger partial charge in [-0.3, -0.25) is 0 Å². The van der Waals surface area contributed by atoms with Gasteiger partial charge in [0.1, 0.15) is 0 Å². The number of hydrogen-bond donors (Lipinski definition) is 0. The van der Waals surface area contributed by atoms with Crippen molar-refractivity contribution in [3.63, 3.8) is 0 Å². The summed E-state index contributed by atoms with van der Waals surface area (Å²) in [5, 5.41) is 1.67. The lowest BCUT2D eigenvalue weighted by Crippen LogP contribution is -2.14. The van der Waals surface area contributed by atoms with Crippen molar-refractivity contribution < 1.29 is 0 Å². The molecule has 0 radical (unpaired) electrons. The molecule has 2 heteroatoms. The van der Waals surface area contributed by atoms with Gasteiger partial charge in [-0.1, -0.05) is 24.3 Å². The molecule has 1 saturated heterocycles. The van der Waals surface area contributed by atoms with Crippen LogP contribution in [0, 0.1) is 0 Å². The Kier molecular flexibility index (Phi) is 2.06. The summed E-state index contributed by atoms with van der Waals surface area (Å²) < 4.78 is 0. The summed E-state index contributed by atoms with van der Waals surface area (Å²) in [4.78, 5) is 0. The van der Waals surface area contributed by atoms with Crippen LogP contribution in [0.15, 0.2) is 24.3 Å². The Morgan fingerprint density at radius 2 is 1.92 bits per heavy atom. The Morgan fingerprint density at radius 1 is 1.08 bits per heavy atom. The number of rotatable bonds is 0. The van der Waals surface area contributed by atoms with Crippen molar-refractivity contribution in [2.24, 2.45) is 0 Å². The Balaban J connectivity index is 2.01. The summed E-state index contributed by atoms with van der Waals surface area (Å²) in [6, 6.07) is 8.97. The van der Waals surface area contributed by atoms with Gasteiger partial charge in [0.05, 0.1) is 0 Å². The first-order chi connectivity index (χ1) is 6.45. The van der Waals surface area contributed by atoms with Gasteiger partial charge in [-0.25, -0.2) is 0 Å². The number of benzene rings is 1. The number of fused-ring (bicyclic) bond motifs is 3. The van der Waals surface area contributed by atoms with Gasteiger partial charge in [-0.15, -0.1) is 0 Å². The Hall–Kier alpha value is -0.0800. The Labute approximate surface area is 87.5 Å². The molecule has 1 aromatic carbocycles. The first-order valence-electron chi connectivity index (χ1n) is 4.76. The summed E-state index contributed by atoms with van der Waals surface area (Å²) in [6.07, 6.45) is 1.30. The summed E-state index contributed by atoms with van der Waals surface area (Å²) in [7, 11) is 0. The van der Waals surface area contributed by atoms with E-state index in [9.17, 15) is 0 Å². The maximum Gasteiger partial charge on any atom is 0.0422 e. The first-order valence-corrected chi connectivity index (χ1v) is 6.86. The molecular weight excluding hydrogens is 196 g/mol. The topological polar surface area (TPSA) is 0 Å². The highest BCUT2D eigenvalue weighted by Crippen LogP contribution is 2.49. The zero-order valence-electron chi connectivity index (χ0n) is 7.40. The van der Waals surface area contributed by atoms with Crippen LogP contribution in [-0.4, -0.2) is 16.8 Å². The lowest BCUT2D eigenvalue weighted by Gasteiger charge is -2.24. The van der Waals surface area contributed by atoms with Crippen LogP contribution < -0.4 is 0 Å². The maximum atomic E-state index is 2.32. The second-order valence-corrected chi connectivity index (χ2v) is 6.20. The van der Waals surface area contributed by atoms with E-state index < -0.39 is 0 Å². The Morgan fingerprint density at radius 3 is 2.92 bits per heavy atom. The van der Waals surface area contributed by atoms with Crippen LogP contribution in [0.2, 0.25) is 0 Å². The van der Waals surface area contributed by atoms with Crippen molar-refractivity contribution in [3.8, 4) is 0 Å². The predicted molar refractivity (Wildman–Crippen MR) is 61.6 cm³/mol. The molecule has 0 bridgehead atoms. The molecule has 0 N–H and O–H groups in total. The van der Waals surface area contributed by atoms with E-state index in [0.717, 1.165) is 10.5 Å². The van der Waals surface area contributed by atoms with E-state index >= 15 is 0 Å². The van der Waals surface area contributed by atoms with Crippen molar-refractivity contribution in [2.45, 2.75) is 16.9 Å². The summed E-state index contributed by atoms with van der Waals surface area (Å²) in [5.41, 5.74) is 3.21. The SMILES string of the molecule is c1ccc2c(c1)C[C@@H]1SCCS[C@H]21. The summed E-state index contributed by atoms with van der Waals surface area (Å²) >= 11 is 4.33. The molecule has 1 aliphatic carbocycles. The molecule has 1 heterocycles. The quantitative estimate of drug-likeness (QED) is 0.642. The minimum Gasteiger partial charge on any atom is -0.156 e. The molecule has 0 nitrogen and oxygen atoms in total. The second kappa shape index (κ2) is 3.25. The van der Waals surface area contributed by atoms with E-state index in [1.165, 1.54) is 17.9 Å². The molecule has 13 heavy (non-hydrogen) atoms. The third-order valence-corrected chi connectivity index (χ3v) is 5.95. The highest BCUT2D eigenvalue weighted by atomic mass is 32.2. The molecule has 0 saturated carbocycles. The van der Waals surface area contributed by atoms with Crippen LogP contribution in [0.5, 0.6) is 0 Å². The van der Waals surface area contributed by atoms with E-state index in [1.807, 2.05) is 0 Å². The number of hydrogen-bond acceptors (Lipinski definition) is 2. The van der Waals surface area contributed by atoms with Crippen LogP contribution in [0.3, 0.4) is 0 Å². The average molecular weight is 208 g/mol. The Bertz CT molecular complexity index is 322. The smallest absolute Gasteiger partial charge is 0.0422 e. The fraction of sp³-hybridized carbons (Fsp3) is 0.455. The van der Waals surface area contributed by atoms with Gasteiger partial charge >= 0.3 is 0 Å². The molecule has 0 amide bonds. The minimum absolute atomic E-state index is 0.801. The molecule has 0 spiro atoms.